The molecule has 0 amide bonds. The van der Waals surface area contributed by atoms with E-state index in [4.69, 9.17) is 18.9 Å². The van der Waals surface area contributed by atoms with E-state index in [1.807, 2.05) is 18.2 Å². The summed E-state index contributed by atoms with van der Waals surface area (Å²) in [6.07, 6.45) is 0. The first-order chi connectivity index (χ1) is 14.5. The van der Waals surface area contributed by atoms with Crippen LogP contribution in [0.3, 0.4) is 0 Å². The molecule has 1 N–H and O–H groups in total. The summed E-state index contributed by atoms with van der Waals surface area (Å²) in [6, 6.07) is 8.70. The van der Waals surface area contributed by atoms with Gasteiger partial charge in [-0.2, -0.15) is 0 Å². The molecule has 1 atom stereocenters. The molecule has 2 aliphatic rings. The van der Waals surface area contributed by atoms with Crippen molar-refractivity contribution < 1.29 is 31.8 Å². The first kappa shape index (κ1) is 20.9. The molecule has 8 nitrogen and oxygen atoms in total. The van der Waals surface area contributed by atoms with Crippen LogP contribution in [0.4, 0.5) is 4.39 Å². The highest BCUT2D eigenvalue weighted by atomic mass is 32.2. The van der Waals surface area contributed by atoms with Gasteiger partial charge in [-0.15, -0.1) is 0 Å². The van der Waals surface area contributed by atoms with Crippen molar-refractivity contribution in [1.82, 2.24) is 9.62 Å². The maximum atomic E-state index is 13.7. The first-order valence-electron chi connectivity index (χ1n) is 9.52. The zero-order chi connectivity index (χ0) is 21.1. The number of sulfonamides is 1. The zero-order valence-corrected chi connectivity index (χ0v) is 17.3. The summed E-state index contributed by atoms with van der Waals surface area (Å²) in [5, 5.41) is 0. The lowest BCUT2D eigenvalue weighted by Crippen LogP contribution is -2.43. The number of hydrogen-bond donors (Lipinski definition) is 1. The van der Waals surface area contributed by atoms with Crippen LogP contribution >= 0.6 is 0 Å². The number of rotatable bonds is 7. The number of morpholine rings is 1. The Hall–Kier alpha value is -2.40. The van der Waals surface area contributed by atoms with Crippen molar-refractivity contribution in [2.24, 2.45) is 0 Å². The molecule has 2 aromatic rings. The van der Waals surface area contributed by atoms with Crippen LogP contribution in [0.5, 0.6) is 17.2 Å². The number of methoxy groups -OCH3 is 1. The van der Waals surface area contributed by atoms with Crippen LogP contribution in [0.2, 0.25) is 0 Å². The minimum absolute atomic E-state index is 0.0786. The molecule has 0 unspecified atom stereocenters. The molecule has 1 fully saturated rings. The van der Waals surface area contributed by atoms with Gasteiger partial charge in [0.25, 0.3) is 0 Å². The summed E-state index contributed by atoms with van der Waals surface area (Å²) in [4.78, 5) is 1.91. The van der Waals surface area contributed by atoms with E-state index in [0.29, 0.717) is 37.8 Å². The Labute approximate surface area is 174 Å². The standard InChI is InChI=1S/C20H23FN2O6S/c1-26-18-5-3-15(21)11-20(18)30(24,25)22-12-16(23-6-8-27-9-7-23)14-2-4-17-19(10-14)29-13-28-17/h2-5,10-11,16,22H,6-9,12-13H2,1H3/t16-/m1/s1. The van der Waals surface area contributed by atoms with Crippen LogP contribution in [0.25, 0.3) is 0 Å². The maximum Gasteiger partial charge on any atom is 0.244 e. The maximum absolute atomic E-state index is 13.7. The fraction of sp³-hybridized carbons (Fsp3) is 0.400. The molecule has 0 aromatic heterocycles. The van der Waals surface area contributed by atoms with Gasteiger partial charge < -0.3 is 18.9 Å². The number of nitrogens with zero attached hydrogens (tertiary/aromatic N) is 1. The summed E-state index contributed by atoms with van der Waals surface area (Å²) >= 11 is 0. The number of benzene rings is 2. The summed E-state index contributed by atoms with van der Waals surface area (Å²) in [7, 11) is -2.66. The number of halogens is 1. The Balaban J connectivity index is 1.60. The van der Waals surface area contributed by atoms with Gasteiger partial charge in [0.15, 0.2) is 11.5 Å². The number of ether oxygens (including phenoxy) is 4. The summed E-state index contributed by atoms with van der Waals surface area (Å²) < 4.78 is 63.5. The van der Waals surface area contributed by atoms with Gasteiger partial charge >= 0.3 is 0 Å². The highest BCUT2D eigenvalue weighted by Gasteiger charge is 2.28. The normalized spacial score (nSPS) is 17.7. The van der Waals surface area contributed by atoms with E-state index in [2.05, 4.69) is 9.62 Å². The quantitative estimate of drug-likeness (QED) is 0.707. The molecule has 0 spiro atoms. The average molecular weight is 438 g/mol. The van der Waals surface area contributed by atoms with Crippen LogP contribution in [0.15, 0.2) is 41.3 Å². The molecular formula is C20H23FN2O6S. The van der Waals surface area contributed by atoms with E-state index in [1.54, 1.807) is 0 Å². The number of hydrogen-bond acceptors (Lipinski definition) is 7. The molecule has 1 saturated heterocycles. The predicted octanol–water partition coefficient (Wildman–Crippen LogP) is 1.91. The first-order valence-corrected chi connectivity index (χ1v) is 11.0. The molecule has 0 saturated carbocycles. The van der Waals surface area contributed by atoms with Gasteiger partial charge in [0.05, 0.1) is 20.3 Å². The van der Waals surface area contributed by atoms with Crippen LogP contribution in [0, 0.1) is 5.82 Å². The third-order valence-corrected chi connectivity index (χ3v) is 6.59. The van der Waals surface area contributed by atoms with E-state index in [1.165, 1.54) is 13.2 Å². The van der Waals surface area contributed by atoms with Crippen LogP contribution in [-0.2, 0) is 14.8 Å². The molecule has 0 aliphatic carbocycles. The fourth-order valence-corrected chi connectivity index (χ4v) is 4.81. The summed E-state index contributed by atoms with van der Waals surface area (Å²) in [5.41, 5.74) is 0.884. The molecule has 10 heteroatoms. The average Bonchev–Trinajstić information content (AvgIpc) is 3.22. The minimum Gasteiger partial charge on any atom is -0.495 e. The fourth-order valence-electron chi connectivity index (χ4n) is 3.59. The van der Waals surface area contributed by atoms with Crippen LogP contribution in [-0.4, -0.2) is 60.1 Å². The molecular weight excluding hydrogens is 415 g/mol. The Morgan fingerprint density at radius 3 is 2.67 bits per heavy atom. The lowest BCUT2D eigenvalue weighted by Gasteiger charge is -2.35. The van der Waals surface area contributed by atoms with Crippen molar-refractivity contribution in [1.29, 1.82) is 0 Å². The SMILES string of the molecule is COc1ccc(F)cc1S(=O)(=O)NC[C@H](c1ccc2c(c1)OCO2)N1CCOCC1. The topological polar surface area (TPSA) is 86.3 Å². The van der Waals surface area contributed by atoms with E-state index in [0.717, 1.165) is 17.7 Å². The molecule has 0 radical (unpaired) electrons. The summed E-state index contributed by atoms with van der Waals surface area (Å²) in [5.74, 6) is 0.705. The number of nitrogens with one attached hydrogen (secondary N) is 1. The predicted molar refractivity (Wildman–Crippen MR) is 106 cm³/mol. The lowest BCUT2D eigenvalue weighted by atomic mass is 10.0. The van der Waals surface area contributed by atoms with Crippen molar-refractivity contribution >= 4 is 10.0 Å². The Kier molecular flexibility index (Phi) is 6.09. The second-order valence-corrected chi connectivity index (χ2v) is 8.66. The molecule has 4 rings (SSSR count). The second-order valence-electron chi connectivity index (χ2n) is 6.92. The van der Waals surface area contributed by atoms with E-state index < -0.39 is 15.8 Å². The number of fused-ring (bicyclic) bond motifs is 1. The third-order valence-electron chi connectivity index (χ3n) is 5.15. The van der Waals surface area contributed by atoms with E-state index in [9.17, 15) is 12.8 Å². The van der Waals surface area contributed by atoms with Gasteiger partial charge in [0, 0.05) is 25.7 Å². The smallest absolute Gasteiger partial charge is 0.244 e. The molecule has 0 bridgehead atoms. The van der Waals surface area contributed by atoms with Crippen molar-refractivity contribution in [3.63, 3.8) is 0 Å². The van der Waals surface area contributed by atoms with E-state index in [-0.39, 0.29) is 30.0 Å². The Morgan fingerprint density at radius 2 is 1.90 bits per heavy atom. The molecule has 2 aliphatic heterocycles. The van der Waals surface area contributed by atoms with Crippen molar-refractivity contribution in [3.8, 4) is 17.2 Å². The highest BCUT2D eigenvalue weighted by molar-refractivity contribution is 7.89. The van der Waals surface area contributed by atoms with Gasteiger partial charge in [-0.1, -0.05) is 6.07 Å². The lowest BCUT2D eigenvalue weighted by molar-refractivity contribution is 0.0171. The van der Waals surface area contributed by atoms with Crippen molar-refractivity contribution in [2.75, 3.05) is 46.8 Å². The van der Waals surface area contributed by atoms with Gasteiger partial charge in [-0.3, -0.25) is 4.90 Å². The molecule has 162 valence electrons. The minimum atomic E-state index is -4.01. The van der Waals surface area contributed by atoms with Crippen molar-refractivity contribution in [3.05, 3.63) is 47.8 Å². The van der Waals surface area contributed by atoms with Crippen LogP contribution < -0.4 is 18.9 Å². The molecule has 30 heavy (non-hydrogen) atoms. The highest BCUT2D eigenvalue weighted by Crippen LogP contribution is 2.36. The largest absolute Gasteiger partial charge is 0.495 e. The monoisotopic (exact) mass is 438 g/mol. The zero-order valence-electron chi connectivity index (χ0n) is 16.5. The van der Waals surface area contributed by atoms with Gasteiger partial charge in [-0.25, -0.2) is 17.5 Å². The second kappa shape index (κ2) is 8.76. The Morgan fingerprint density at radius 1 is 1.13 bits per heavy atom. The van der Waals surface area contributed by atoms with Gasteiger partial charge in [0.2, 0.25) is 16.8 Å². The van der Waals surface area contributed by atoms with E-state index >= 15 is 0 Å². The van der Waals surface area contributed by atoms with Crippen LogP contribution in [0.1, 0.15) is 11.6 Å². The molecule has 2 aromatic carbocycles. The van der Waals surface area contributed by atoms with Gasteiger partial charge in [0.1, 0.15) is 16.5 Å². The van der Waals surface area contributed by atoms with Crippen molar-refractivity contribution in [2.45, 2.75) is 10.9 Å². The summed E-state index contributed by atoms with van der Waals surface area (Å²) in [6.45, 7) is 2.68. The molecule has 2 heterocycles. The third kappa shape index (κ3) is 4.36. The Bertz CT molecular complexity index is 1010. The van der Waals surface area contributed by atoms with Gasteiger partial charge in [-0.05, 0) is 35.9 Å².